The second-order valence-corrected chi connectivity index (χ2v) is 1.95. The molecule has 0 rings (SSSR count). The van der Waals surface area contributed by atoms with E-state index < -0.39 is 0 Å². The molecule has 0 aromatic heterocycles. The molecule has 0 spiro atoms. The number of carbonyl (C=O) groups excluding carboxylic acids is 1. The molecule has 0 fully saturated rings. The lowest BCUT2D eigenvalue weighted by atomic mass is 10.3. The van der Waals surface area contributed by atoms with Crippen LogP contribution in [0.2, 0.25) is 0 Å². The number of allylic oxidation sites excluding steroid dienone is 1. The van der Waals surface area contributed by atoms with E-state index in [4.69, 9.17) is 5.73 Å². The summed E-state index contributed by atoms with van der Waals surface area (Å²) in [5.74, 6) is -0.272. The van der Waals surface area contributed by atoms with E-state index in [0.29, 0.717) is 6.42 Å². The first-order valence-electron chi connectivity index (χ1n) is 2.54. The summed E-state index contributed by atoms with van der Waals surface area (Å²) in [6, 6.07) is 0. The molecule has 2 heteroatoms. The number of carbonyl (C=O) groups is 1. The Kier molecular flexibility index (Phi) is 2.92. The van der Waals surface area contributed by atoms with Crippen molar-refractivity contribution < 1.29 is 4.79 Å². The molecule has 0 atom stereocenters. The zero-order chi connectivity index (χ0) is 6.57. The lowest BCUT2D eigenvalue weighted by Crippen LogP contribution is -2.08. The van der Waals surface area contributed by atoms with Crippen molar-refractivity contribution in [3.63, 3.8) is 0 Å². The summed E-state index contributed by atoms with van der Waals surface area (Å²) < 4.78 is 0. The van der Waals surface area contributed by atoms with Gasteiger partial charge in [0.2, 0.25) is 5.91 Å². The van der Waals surface area contributed by atoms with Crippen molar-refractivity contribution in [3.05, 3.63) is 11.6 Å². The molecule has 46 valence electrons. The van der Waals surface area contributed by atoms with Gasteiger partial charge in [-0.25, -0.2) is 0 Å². The van der Waals surface area contributed by atoms with Gasteiger partial charge in [0.05, 0.1) is 0 Å². The minimum atomic E-state index is -0.272. The van der Waals surface area contributed by atoms with Gasteiger partial charge in [0.15, 0.2) is 0 Å². The highest BCUT2D eigenvalue weighted by atomic mass is 16.1. The van der Waals surface area contributed by atoms with Crippen molar-refractivity contribution in [1.29, 1.82) is 0 Å². The Morgan fingerprint density at radius 3 is 2.25 bits per heavy atom. The molecule has 0 unspecified atom stereocenters. The van der Waals surface area contributed by atoms with Crippen LogP contribution in [-0.2, 0) is 4.79 Å². The van der Waals surface area contributed by atoms with E-state index in [1.807, 2.05) is 19.9 Å². The summed E-state index contributed by atoms with van der Waals surface area (Å²) in [5.41, 5.74) is 5.99. The Labute approximate surface area is 49.4 Å². The van der Waals surface area contributed by atoms with Gasteiger partial charge in [-0.05, 0) is 13.8 Å². The second kappa shape index (κ2) is 3.24. The maximum Gasteiger partial charge on any atom is 0.221 e. The van der Waals surface area contributed by atoms with E-state index >= 15 is 0 Å². The van der Waals surface area contributed by atoms with Crippen LogP contribution in [0.1, 0.15) is 20.3 Å². The molecule has 0 aromatic carbocycles. The van der Waals surface area contributed by atoms with Gasteiger partial charge in [0.1, 0.15) is 0 Å². The number of hydrogen-bond acceptors (Lipinski definition) is 1. The third-order valence-corrected chi connectivity index (χ3v) is 0.711. The van der Waals surface area contributed by atoms with Crippen molar-refractivity contribution in [1.82, 2.24) is 0 Å². The van der Waals surface area contributed by atoms with Crippen molar-refractivity contribution >= 4 is 5.91 Å². The maximum atomic E-state index is 10.1. The van der Waals surface area contributed by atoms with Crippen LogP contribution in [0.5, 0.6) is 0 Å². The molecule has 0 saturated carbocycles. The summed E-state index contributed by atoms with van der Waals surface area (Å²) in [5, 5.41) is 0. The lowest BCUT2D eigenvalue weighted by Gasteiger charge is -1.85. The number of amides is 1. The highest BCUT2D eigenvalue weighted by molar-refractivity contribution is 5.75. The number of nitrogens with two attached hydrogens (primary N) is 1. The van der Waals surface area contributed by atoms with E-state index in [1.165, 1.54) is 0 Å². The molecule has 8 heavy (non-hydrogen) atoms. The third-order valence-electron chi connectivity index (χ3n) is 0.711. The molecule has 0 aromatic rings. The van der Waals surface area contributed by atoms with Gasteiger partial charge in [0, 0.05) is 6.42 Å². The fraction of sp³-hybridized carbons (Fsp3) is 0.500. The SMILES string of the molecule is CC(C)=CCC(N)=O. The molecule has 0 aliphatic heterocycles. The largest absolute Gasteiger partial charge is 0.369 e. The topological polar surface area (TPSA) is 43.1 Å². The van der Waals surface area contributed by atoms with Crippen LogP contribution in [0.15, 0.2) is 11.6 Å². The van der Waals surface area contributed by atoms with Crippen LogP contribution in [0, 0.1) is 0 Å². The minimum Gasteiger partial charge on any atom is -0.369 e. The van der Waals surface area contributed by atoms with Gasteiger partial charge in [-0.15, -0.1) is 0 Å². The summed E-state index contributed by atoms with van der Waals surface area (Å²) in [7, 11) is 0. The second-order valence-electron chi connectivity index (χ2n) is 1.95. The average molecular weight is 113 g/mol. The number of hydrogen-bond donors (Lipinski definition) is 1. The molecule has 1 amide bonds. The average Bonchev–Trinajstić information content (AvgIpc) is 1.61. The van der Waals surface area contributed by atoms with Gasteiger partial charge < -0.3 is 5.73 Å². The Morgan fingerprint density at radius 1 is 1.62 bits per heavy atom. The van der Waals surface area contributed by atoms with E-state index in [9.17, 15) is 4.79 Å². The zero-order valence-electron chi connectivity index (χ0n) is 5.27. The molecule has 2 N–H and O–H groups in total. The number of primary amides is 1. The van der Waals surface area contributed by atoms with Crippen LogP contribution >= 0.6 is 0 Å². The van der Waals surface area contributed by atoms with Crippen molar-refractivity contribution in [2.24, 2.45) is 5.73 Å². The van der Waals surface area contributed by atoms with Crippen LogP contribution in [-0.4, -0.2) is 5.91 Å². The van der Waals surface area contributed by atoms with Crippen LogP contribution in [0.4, 0.5) is 0 Å². The molecule has 0 saturated heterocycles. The van der Waals surface area contributed by atoms with Crippen molar-refractivity contribution in [2.45, 2.75) is 20.3 Å². The smallest absolute Gasteiger partial charge is 0.221 e. The highest BCUT2D eigenvalue weighted by Gasteiger charge is 1.85. The zero-order valence-corrected chi connectivity index (χ0v) is 5.27. The van der Waals surface area contributed by atoms with E-state index in [-0.39, 0.29) is 5.91 Å². The molecule has 0 aliphatic carbocycles. The summed E-state index contributed by atoms with van der Waals surface area (Å²) in [6.07, 6.45) is 2.17. The maximum absolute atomic E-state index is 10.1. The highest BCUT2D eigenvalue weighted by Crippen LogP contribution is 1.90. The monoisotopic (exact) mass is 113 g/mol. The fourth-order valence-electron chi connectivity index (χ4n) is 0.305. The van der Waals surface area contributed by atoms with Crippen LogP contribution < -0.4 is 5.73 Å². The van der Waals surface area contributed by atoms with Gasteiger partial charge in [0.25, 0.3) is 0 Å². The molecule has 0 radical (unpaired) electrons. The van der Waals surface area contributed by atoms with Gasteiger partial charge in [-0.3, -0.25) is 4.79 Å². The van der Waals surface area contributed by atoms with Crippen molar-refractivity contribution in [3.8, 4) is 0 Å². The molecular formula is C6H11NO. The van der Waals surface area contributed by atoms with Gasteiger partial charge in [-0.1, -0.05) is 11.6 Å². The van der Waals surface area contributed by atoms with E-state index in [0.717, 1.165) is 5.57 Å². The van der Waals surface area contributed by atoms with Crippen LogP contribution in [0.3, 0.4) is 0 Å². The molecule has 0 aliphatic rings. The first kappa shape index (κ1) is 7.21. The van der Waals surface area contributed by atoms with Crippen molar-refractivity contribution in [2.75, 3.05) is 0 Å². The summed E-state index contributed by atoms with van der Waals surface area (Å²) in [4.78, 5) is 10.1. The van der Waals surface area contributed by atoms with Gasteiger partial charge in [-0.2, -0.15) is 0 Å². The normalized spacial score (nSPS) is 8.25. The Hall–Kier alpha value is -0.790. The Bertz CT molecular complexity index is 112. The molecule has 0 bridgehead atoms. The molecule has 0 heterocycles. The number of rotatable bonds is 2. The third kappa shape index (κ3) is 5.21. The van der Waals surface area contributed by atoms with E-state index in [1.54, 1.807) is 0 Å². The Balaban J connectivity index is 3.45. The predicted molar refractivity (Wildman–Crippen MR) is 33.2 cm³/mol. The lowest BCUT2D eigenvalue weighted by molar-refractivity contribution is -0.117. The minimum absolute atomic E-state index is 0.272. The first-order chi connectivity index (χ1) is 3.63. The standard InChI is InChI=1S/C6H11NO/c1-5(2)3-4-6(7)8/h3H,4H2,1-2H3,(H2,7,8). The fourth-order valence-corrected chi connectivity index (χ4v) is 0.305. The van der Waals surface area contributed by atoms with Crippen LogP contribution in [0.25, 0.3) is 0 Å². The summed E-state index contributed by atoms with van der Waals surface area (Å²) in [6.45, 7) is 3.87. The molecule has 2 nitrogen and oxygen atoms in total. The quantitative estimate of drug-likeness (QED) is 0.529. The first-order valence-corrected chi connectivity index (χ1v) is 2.54. The summed E-state index contributed by atoms with van der Waals surface area (Å²) >= 11 is 0. The predicted octanol–water partition coefficient (Wildman–Crippen LogP) is 0.828. The molecular weight excluding hydrogens is 102 g/mol. The van der Waals surface area contributed by atoms with Gasteiger partial charge >= 0.3 is 0 Å². The Morgan fingerprint density at radius 2 is 2.12 bits per heavy atom. The van der Waals surface area contributed by atoms with E-state index in [2.05, 4.69) is 0 Å².